The van der Waals surface area contributed by atoms with Gasteiger partial charge in [-0.25, -0.2) is 0 Å². The Kier molecular flexibility index (Phi) is 5.44. The lowest BCUT2D eigenvalue weighted by Gasteiger charge is -2.14. The van der Waals surface area contributed by atoms with Crippen molar-refractivity contribution in [2.45, 2.75) is 6.92 Å². The molecular weight excluding hydrogens is 262 g/mol. The summed E-state index contributed by atoms with van der Waals surface area (Å²) in [5, 5.41) is 2.57. The normalized spacial score (nSPS) is 9.79. The first-order valence-corrected chi connectivity index (χ1v) is 6.28. The van der Waals surface area contributed by atoms with Crippen LogP contribution in [0.5, 0.6) is 0 Å². The second kappa shape index (κ2) is 6.84. The third-order valence-electron chi connectivity index (χ3n) is 2.71. The lowest BCUT2D eigenvalue weighted by atomic mass is 10.1. The maximum absolute atomic E-state index is 11.9. The van der Waals surface area contributed by atoms with E-state index in [1.54, 1.807) is 31.3 Å². The molecule has 0 heterocycles. The number of nitrogens with zero attached hydrogens (tertiary/aromatic N) is 1. The fraction of sp³-hybridized carbons (Fsp3) is 0.308. The number of carbonyl (C=O) groups is 2. The minimum Gasteiger partial charge on any atom is -0.389 e. The number of likely N-dealkylation sites (N-methyl/N-ethyl adjacent to an activating group) is 1. The van der Waals surface area contributed by atoms with Crippen LogP contribution < -0.4 is 11.1 Å². The molecule has 1 rings (SSSR count). The Bertz CT molecular complexity index is 502. The van der Waals surface area contributed by atoms with E-state index in [2.05, 4.69) is 5.32 Å². The molecule has 0 aliphatic carbocycles. The zero-order chi connectivity index (χ0) is 14.4. The summed E-state index contributed by atoms with van der Waals surface area (Å²) in [6.07, 6.45) is 0. The lowest BCUT2D eigenvalue weighted by Crippen LogP contribution is -2.38. The average molecular weight is 279 g/mol. The Labute approximate surface area is 117 Å². The number of nitrogens with one attached hydrogen (secondary N) is 1. The van der Waals surface area contributed by atoms with Crippen molar-refractivity contribution in [1.82, 2.24) is 10.2 Å². The van der Waals surface area contributed by atoms with Crippen LogP contribution in [0, 0.1) is 0 Å². The van der Waals surface area contributed by atoms with Gasteiger partial charge in [0.2, 0.25) is 5.91 Å². The molecule has 0 aliphatic heterocycles. The fourth-order valence-corrected chi connectivity index (χ4v) is 1.51. The molecule has 0 radical (unpaired) electrons. The van der Waals surface area contributed by atoms with Crippen molar-refractivity contribution in [3.63, 3.8) is 0 Å². The van der Waals surface area contributed by atoms with Crippen LogP contribution in [-0.4, -0.2) is 41.8 Å². The number of carbonyl (C=O) groups excluding carboxylic acids is 2. The first kappa shape index (κ1) is 15.1. The van der Waals surface area contributed by atoms with Gasteiger partial charge in [-0.15, -0.1) is 0 Å². The Morgan fingerprint density at radius 3 is 2.58 bits per heavy atom. The van der Waals surface area contributed by atoms with Crippen LogP contribution in [0.3, 0.4) is 0 Å². The molecule has 0 fully saturated rings. The number of hydrogen-bond acceptors (Lipinski definition) is 3. The molecule has 2 amide bonds. The first-order valence-electron chi connectivity index (χ1n) is 5.87. The van der Waals surface area contributed by atoms with Gasteiger partial charge in [0.25, 0.3) is 5.91 Å². The highest BCUT2D eigenvalue weighted by molar-refractivity contribution is 7.80. The van der Waals surface area contributed by atoms with Gasteiger partial charge in [-0.05, 0) is 19.1 Å². The second-order valence-electron chi connectivity index (χ2n) is 4.04. The molecule has 1 aromatic carbocycles. The first-order chi connectivity index (χ1) is 8.95. The summed E-state index contributed by atoms with van der Waals surface area (Å²) >= 11 is 4.85. The highest BCUT2D eigenvalue weighted by Crippen LogP contribution is 2.05. The Morgan fingerprint density at radius 1 is 1.37 bits per heavy atom. The molecule has 3 N–H and O–H groups in total. The summed E-state index contributed by atoms with van der Waals surface area (Å²) < 4.78 is 0. The van der Waals surface area contributed by atoms with Gasteiger partial charge in [0, 0.05) is 24.7 Å². The SMILES string of the molecule is CCN(C)C(=O)CNC(=O)c1cccc(C(N)=S)c1. The van der Waals surface area contributed by atoms with E-state index < -0.39 is 0 Å². The molecule has 6 heteroatoms. The summed E-state index contributed by atoms with van der Waals surface area (Å²) in [5.41, 5.74) is 6.55. The molecule has 0 spiro atoms. The zero-order valence-electron chi connectivity index (χ0n) is 11.0. The molecular formula is C13H17N3O2S. The summed E-state index contributed by atoms with van der Waals surface area (Å²) in [6.45, 7) is 2.44. The van der Waals surface area contributed by atoms with E-state index in [1.165, 1.54) is 4.90 Å². The van der Waals surface area contributed by atoms with Gasteiger partial charge >= 0.3 is 0 Å². The zero-order valence-corrected chi connectivity index (χ0v) is 11.8. The van der Waals surface area contributed by atoms with E-state index in [0.29, 0.717) is 17.7 Å². The molecule has 0 saturated heterocycles. The minimum absolute atomic E-state index is 0.0273. The molecule has 1 aromatic rings. The van der Waals surface area contributed by atoms with Gasteiger partial charge in [0.15, 0.2) is 0 Å². The maximum atomic E-state index is 11.9. The van der Waals surface area contributed by atoms with Crippen molar-refractivity contribution in [3.8, 4) is 0 Å². The van der Waals surface area contributed by atoms with E-state index in [1.807, 2.05) is 6.92 Å². The topological polar surface area (TPSA) is 75.4 Å². The van der Waals surface area contributed by atoms with E-state index >= 15 is 0 Å². The molecule has 0 saturated carbocycles. The van der Waals surface area contributed by atoms with Crippen molar-refractivity contribution in [2.24, 2.45) is 5.73 Å². The number of rotatable bonds is 5. The van der Waals surface area contributed by atoms with Crippen molar-refractivity contribution < 1.29 is 9.59 Å². The Morgan fingerprint density at radius 2 is 2.00 bits per heavy atom. The predicted molar refractivity (Wildman–Crippen MR) is 78.0 cm³/mol. The second-order valence-corrected chi connectivity index (χ2v) is 4.48. The fourth-order valence-electron chi connectivity index (χ4n) is 1.38. The highest BCUT2D eigenvalue weighted by Gasteiger charge is 2.11. The van der Waals surface area contributed by atoms with Gasteiger partial charge in [-0.3, -0.25) is 9.59 Å². The van der Waals surface area contributed by atoms with Gasteiger partial charge in [0.1, 0.15) is 4.99 Å². The monoisotopic (exact) mass is 279 g/mol. The molecule has 0 unspecified atom stereocenters. The van der Waals surface area contributed by atoms with Crippen LogP contribution in [0.25, 0.3) is 0 Å². The van der Waals surface area contributed by atoms with E-state index in [0.717, 1.165) is 0 Å². The van der Waals surface area contributed by atoms with Gasteiger partial charge in [-0.2, -0.15) is 0 Å². The number of nitrogens with two attached hydrogens (primary N) is 1. The van der Waals surface area contributed by atoms with Crippen LogP contribution >= 0.6 is 12.2 Å². The van der Waals surface area contributed by atoms with Gasteiger partial charge in [-0.1, -0.05) is 24.4 Å². The van der Waals surface area contributed by atoms with Crippen molar-refractivity contribution in [3.05, 3.63) is 35.4 Å². The van der Waals surface area contributed by atoms with Crippen LogP contribution in [0.1, 0.15) is 22.8 Å². The number of amides is 2. The molecule has 102 valence electrons. The average Bonchev–Trinajstić information content (AvgIpc) is 2.43. The van der Waals surface area contributed by atoms with Crippen molar-refractivity contribution >= 4 is 29.0 Å². The van der Waals surface area contributed by atoms with Crippen molar-refractivity contribution in [2.75, 3.05) is 20.1 Å². The predicted octanol–water partition coefficient (Wildman–Crippen LogP) is 0.529. The maximum Gasteiger partial charge on any atom is 0.251 e. The van der Waals surface area contributed by atoms with Crippen LogP contribution in [0.15, 0.2) is 24.3 Å². The Balaban J connectivity index is 2.66. The molecule has 0 bridgehead atoms. The smallest absolute Gasteiger partial charge is 0.251 e. The quantitative estimate of drug-likeness (QED) is 0.771. The summed E-state index contributed by atoms with van der Waals surface area (Å²) in [4.78, 5) is 25.2. The summed E-state index contributed by atoms with van der Waals surface area (Å²) in [6, 6.07) is 6.68. The van der Waals surface area contributed by atoms with E-state index in [-0.39, 0.29) is 23.3 Å². The molecule has 5 nitrogen and oxygen atoms in total. The van der Waals surface area contributed by atoms with Crippen molar-refractivity contribution in [1.29, 1.82) is 0 Å². The molecule has 0 aliphatic rings. The standard InChI is InChI=1S/C13H17N3O2S/c1-3-16(2)11(17)8-15-13(18)10-6-4-5-9(7-10)12(14)19/h4-7H,3,8H2,1-2H3,(H2,14,19)(H,15,18). The van der Waals surface area contributed by atoms with Gasteiger partial charge in [0.05, 0.1) is 6.54 Å². The van der Waals surface area contributed by atoms with E-state index in [4.69, 9.17) is 18.0 Å². The minimum atomic E-state index is -0.323. The molecule has 0 aromatic heterocycles. The van der Waals surface area contributed by atoms with Crippen LogP contribution in [0.2, 0.25) is 0 Å². The Hall–Kier alpha value is -1.95. The number of benzene rings is 1. The largest absolute Gasteiger partial charge is 0.389 e. The molecule has 19 heavy (non-hydrogen) atoms. The summed E-state index contributed by atoms with van der Waals surface area (Å²) in [5.74, 6) is -0.461. The summed E-state index contributed by atoms with van der Waals surface area (Å²) in [7, 11) is 1.68. The van der Waals surface area contributed by atoms with Gasteiger partial charge < -0.3 is 16.0 Å². The number of thiocarbonyl (C=S) groups is 1. The third kappa shape index (κ3) is 4.33. The third-order valence-corrected chi connectivity index (χ3v) is 2.95. The highest BCUT2D eigenvalue weighted by atomic mass is 32.1. The van der Waals surface area contributed by atoms with E-state index in [9.17, 15) is 9.59 Å². The van der Waals surface area contributed by atoms with Crippen LogP contribution in [0.4, 0.5) is 0 Å². The van der Waals surface area contributed by atoms with Crippen LogP contribution in [-0.2, 0) is 4.79 Å². The number of hydrogen-bond donors (Lipinski definition) is 2. The molecule has 0 atom stereocenters. The lowest BCUT2D eigenvalue weighted by molar-refractivity contribution is -0.128.